The first kappa shape index (κ1) is 12.9. The molecule has 0 fully saturated rings. The summed E-state index contributed by atoms with van der Waals surface area (Å²) in [5.74, 6) is -1.02. The lowest BCUT2D eigenvalue weighted by molar-refractivity contribution is 0.0697. The van der Waals surface area contributed by atoms with Crippen LogP contribution in [0, 0.1) is 6.92 Å². The van der Waals surface area contributed by atoms with Gasteiger partial charge in [-0.25, -0.2) is 9.78 Å². The van der Waals surface area contributed by atoms with E-state index < -0.39 is 5.97 Å². The minimum absolute atomic E-state index is 0.108. The Morgan fingerprint density at radius 3 is 2.89 bits per heavy atom. The zero-order valence-electron chi connectivity index (χ0n) is 9.61. The summed E-state index contributed by atoms with van der Waals surface area (Å²) in [6, 6.07) is 4.81. The van der Waals surface area contributed by atoms with Crippen LogP contribution in [-0.2, 0) is 6.54 Å². The van der Waals surface area contributed by atoms with Gasteiger partial charge in [-0.1, -0.05) is 11.6 Å². The van der Waals surface area contributed by atoms with E-state index in [2.05, 4.69) is 10.3 Å². The number of nitrogens with one attached hydrogen (secondary N) is 1. The van der Waals surface area contributed by atoms with Gasteiger partial charge in [0, 0.05) is 10.6 Å². The summed E-state index contributed by atoms with van der Waals surface area (Å²) in [5.41, 5.74) is 3.70. The Balaban J connectivity index is 2.09. The highest BCUT2D eigenvalue weighted by atomic mass is 35.5. The number of carboxylic acid groups (broad SMARTS) is 1. The molecular weight excluding hydrogens is 272 g/mol. The highest BCUT2D eigenvalue weighted by Crippen LogP contribution is 2.22. The van der Waals surface area contributed by atoms with E-state index in [0.717, 1.165) is 16.3 Å². The van der Waals surface area contributed by atoms with Crippen molar-refractivity contribution >= 4 is 34.6 Å². The second-order valence-corrected chi connectivity index (χ2v) is 5.06. The van der Waals surface area contributed by atoms with E-state index in [9.17, 15) is 4.79 Å². The molecule has 0 aliphatic rings. The average Bonchev–Trinajstić information content (AvgIpc) is 2.72. The fraction of sp³-hybridized carbons (Fsp3) is 0.167. The molecule has 1 aromatic carbocycles. The largest absolute Gasteiger partial charge is 0.478 e. The molecule has 0 saturated heterocycles. The van der Waals surface area contributed by atoms with Crippen molar-refractivity contribution in [3.63, 3.8) is 0 Å². The Morgan fingerprint density at radius 1 is 1.56 bits per heavy atom. The van der Waals surface area contributed by atoms with Crippen LogP contribution in [-0.4, -0.2) is 16.1 Å². The van der Waals surface area contributed by atoms with Gasteiger partial charge in [0.05, 0.1) is 28.3 Å². The molecule has 2 rings (SSSR count). The summed E-state index contributed by atoms with van der Waals surface area (Å²) in [4.78, 5) is 16.1. The van der Waals surface area contributed by atoms with Gasteiger partial charge in [-0.15, -0.1) is 11.3 Å². The molecule has 94 valence electrons. The van der Waals surface area contributed by atoms with Crippen LogP contribution < -0.4 is 5.32 Å². The topological polar surface area (TPSA) is 62.2 Å². The van der Waals surface area contributed by atoms with Crippen LogP contribution in [0.5, 0.6) is 0 Å². The molecule has 0 atom stereocenters. The van der Waals surface area contributed by atoms with Gasteiger partial charge in [-0.2, -0.15) is 0 Å². The second-order valence-electron chi connectivity index (χ2n) is 3.71. The number of nitrogens with zero attached hydrogens (tertiary/aromatic N) is 1. The number of aromatic carboxylic acids is 1. The van der Waals surface area contributed by atoms with Crippen molar-refractivity contribution in [3.05, 3.63) is 44.9 Å². The highest BCUT2D eigenvalue weighted by molar-refractivity contribution is 7.09. The number of anilines is 1. The van der Waals surface area contributed by atoms with E-state index in [1.165, 1.54) is 6.07 Å². The third-order valence-corrected chi connectivity index (χ3v) is 3.75. The molecule has 0 bridgehead atoms. The first-order valence-corrected chi connectivity index (χ1v) is 6.49. The number of carbonyl (C=O) groups is 1. The van der Waals surface area contributed by atoms with E-state index in [-0.39, 0.29) is 10.6 Å². The standard InChI is InChI=1S/C12H11ClN2O2S/c1-7-11(18-6-15-7)5-14-8-2-3-9(12(16)17)10(13)4-8/h2-4,6,14H,5H2,1H3,(H,16,17). The molecule has 0 amide bonds. The van der Waals surface area contributed by atoms with Crippen LogP contribution in [0.15, 0.2) is 23.7 Å². The lowest BCUT2D eigenvalue weighted by Crippen LogP contribution is -2.01. The maximum absolute atomic E-state index is 10.8. The summed E-state index contributed by atoms with van der Waals surface area (Å²) in [6.07, 6.45) is 0. The molecular formula is C12H11ClN2O2S. The lowest BCUT2D eigenvalue weighted by Gasteiger charge is -2.07. The Labute approximate surface area is 113 Å². The minimum Gasteiger partial charge on any atom is -0.478 e. The van der Waals surface area contributed by atoms with Crippen LogP contribution >= 0.6 is 22.9 Å². The Bertz CT molecular complexity index is 583. The minimum atomic E-state index is -1.02. The summed E-state index contributed by atoms with van der Waals surface area (Å²) in [5, 5.41) is 12.3. The Hall–Kier alpha value is -1.59. The monoisotopic (exact) mass is 282 g/mol. The molecule has 1 aromatic heterocycles. The van der Waals surface area contributed by atoms with Crippen LogP contribution in [0.2, 0.25) is 5.02 Å². The van der Waals surface area contributed by atoms with Gasteiger partial charge >= 0.3 is 5.97 Å². The Morgan fingerprint density at radius 2 is 2.33 bits per heavy atom. The molecule has 0 unspecified atom stereocenters. The number of rotatable bonds is 4. The summed E-state index contributed by atoms with van der Waals surface area (Å²) in [6.45, 7) is 2.60. The number of aromatic nitrogens is 1. The molecule has 0 radical (unpaired) electrons. The van der Waals surface area contributed by atoms with Crippen molar-refractivity contribution in [1.29, 1.82) is 0 Å². The van der Waals surface area contributed by atoms with Gasteiger partial charge < -0.3 is 10.4 Å². The van der Waals surface area contributed by atoms with Crippen LogP contribution in [0.25, 0.3) is 0 Å². The first-order valence-electron chi connectivity index (χ1n) is 5.23. The second kappa shape index (κ2) is 5.37. The molecule has 2 N–H and O–H groups in total. The van der Waals surface area contributed by atoms with Gasteiger partial charge in [-0.05, 0) is 25.1 Å². The van der Waals surface area contributed by atoms with Crippen LogP contribution in [0.4, 0.5) is 5.69 Å². The fourth-order valence-corrected chi connectivity index (χ4v) is 2.45. The van der Waals surface area contributed by atoms with Crippen molar-refractivity contribution in [1.82, 2.24) is 4.98 Å². The quantitative estimate of drug-likeness (QED) is 0.902. The highest BCUT2D eigenvalue weighted by Gasteiger charge is 2.09. The number of thiazole rings is 1. The summed E-state index contributed by atoms with van der Waals surface area (Å²) in [7, 11) is 0. The van der Waals surface area contributed by atoms with Crippen LogP contribution in [0.3, 0.4) is 0 Å². The van der Waals surface area contributed by atoms with E-state index in [4.69, 9.17) is 16.7 Å². The number of hydrogen-bond acceptors (Lipinski definition) is 4. The zero-order chi connectivity index (χ0) is 13.1. The maximum atomic E-state index is 10.8. The predicted molar refractivity (Wildman–Crippen MR) is 72.6 cm³/mol. The van der Waals surface area contributed by atoms with Crippen molar-refractivity contribution in [2.75, 3.05) is 5.32 Å². The average molecular weight is 283 g/mol. The number of aryl methyl sites for hydroxylation is 1. The van der Waals surface area contributed by atoms with Gasteiger partial charge in [0.25, 0.3) is 0 Å². The van der Waals surface area contributed by atoms with Gasteiger partial charge in [0.15, 0.2) is 0 Å². The van der Waals surface area contributed by atoms with Crippen LogP contribution in [0.1, 0.15) is 20.9 Å². The molecule has 0 aliphatic heterocycles. The van der Waals surface area contributed by atoms with Crippen molar-refractivity contribution in [3.8, 4) is 0 Å². The number of hydrogen-bond donors (Lipinski definition) is 2. The normalized spacial score (nSPS) is 10.3. The lowest BCUT2D eigenvalue weighted by atomic mass is 10.2. The third kappa shape index (κ3) is 2.80. The molecule has 0 aliphatic carbocycles. The summed E-state index contributed by atoms with van der Waals surface area (Å²) >= 11 is 7.47. The first-order chi connectivity index (χ1) is 8.58. The predicted octanol–water partition coefficient (Wildman–Crippen LogP) is 3.42. The van der Waals surface area contributed by atoms with E-state index in [0.29, 0.717) is 6.54 Å². The zero-order valence-corrected chi connectivity index (χ0v) is 11.2. The smallest absolute Gasteiger partial charge is 0.337 e. The van der Waals surface area contributed by atoms with E-state index in [1.54, 1.807) is 29.0 Å². The number of halogens is 1. The maximum Gasteiger partial charge on any atom is 0.337 e. The van der Waals surface area contributed by atoms with Crippen molar-refractivity contribution in [2.45, 2.75) is 13.5 Å². The fourth-order valence-electron chi connectivity index (χ4n) is 1.48. The molecule has 6 heteroatoms. The number of benzene rings is 1. The van der Waals surface area contributed by atoms with Gasteiger partial charge in [0.2, 0.25) is 0 Å². The molecule has 0 spiro atoms. The molecule has 2 aromatic rings. The SMILES string of the molecule is Cc1ncsc1CNc1ccc(C(=O)O)c(Cl)c1. The van der Waals surface area contributed by atoms with Crippen molar-refractivity contribution in [2.24, 2.45) is 0 Å². The van der Waals surface area contributed by atoms with Crippen molar-refractivity contribution < 1.29 is 9.90 Å². The van der Waals surface area contributed by atoms with Gasteiger partial charge in [-0.3, -0.25) is 0 Å². The van der Waals surface area contributed by atoms with E-state index in [1.807, 2.05) is 6.92 Å². The Kier molecular flexibility index (Phi) is 3.84. The molecule has 0 saturated carbocycles. The summed E-state index contributed by atoms with van der Waals surface area (Å²) < 4.78 is 0. The third-order valence-electron chi connectivity index (χ3n) is 2.50. The van der Waals surface area contributed by atoms with E-state index >= 15 is 0 Å². The molecule has 1 heterocycles. The molecule has 18 heavy (non-hydrogen) atoms. The molecule has 4 nitrogen and oxygen atoms in total. The van der Waals surface area contributed by atoms with Gasteiger partial charge in [0.1, 0.15) is 0 Å². The number of carboxylic acids is 1.